The van der Waals surface area contributed by atoms with E-state index in [0.29, 0.717) is 0 Å². The summed E-state index contributed by atoms with van der Waals surface area (Å²) >= 11 is 0. The van der Waals surface area contributed by atoms with Crippen LogP contribution >= 0.6 is 0 Å². The Morgan fingerprint density at radius 2 is 2.22 bits per heavy atom. The van der Waals surface area contributed by atoms with Crippen molar-refractivity contribution in [1.29, 1.82) is 0 Å². The van der Waals surface area contributed by atoms with Gasteiger partial charge < -0.3 is 24.0 Å². The lowest BCUT2D eigenvalue weighted by Crippen LogP contribution is -3.00. The number of aromatic amines is 1. The van der Waals surface area contributed by atoms with Crippen LogP contribution in [0.4, 0.5) is 0 Å². The Hall–Kier alpha value is -0.800. The fourth-order valence-electron chi connectivity index (χ4n) is 0.129. The van der Waals surface area contributed by atoms with Gasteiger partial charge >= 0.3 is 0 Å². The van der Waals surface area contributed by atoms with Crippen molar-refractivity contribution in [3.63, 3.8) is 0 Å². The SMILES string of the molecule is O=[NH+][O-].[I-].c1nn[nH]n1. The minimum atomic E-state index is 0. The van der Waals surface area contributed by atoms with E-state index in [2.05, 4.69) is 20.6 Å². The van der Waals surface area contributed by atoms with Gasteiger partial charge in [-0.05, 0) is 0 Å². The average molecular weight is 244 g/mol. The molecule has 8 heteroatoms. The molecule has 0 radical (unpaired) electrons. The molecule has 0 aliphatic rings. The number of aromatic nitrogens is 4. The van der Waals surface area contributed by atoms with Gasteiger partial charge in [-0.1, -0.05) is 5.21 Å². The lowest BCUT2D eigenvalue weighted by Gasteiger charge is -1.44. The van der Waals surface area contributed by atoms with Crippen molar-refractivity contribution in [3.05, 3.63) is 16.4 Å². The van der Waals surface area contributed by atoms with Gasteiger partial charge in [0.25, 0.3) is 0 Å². The van der Waals surface area contributed by atoms with Crippen LogP contribution in [0.5, 0.6) is 0 Å². The standard InChI is InChI=1S/CH2N4.HI.HNO2/c1-2-4-5-3-1;;2-1-3/h1H,(H,2,3,4,5);1H;1H/p-1. The van der Waals surface area contributed by atoms with Gasteiger partial charge in [0, 0.05) is 5.34 Å². The van der Waals surface area contributed by atoms with E-state index in [0.717, 1.165) is 0 Å². The maximum Gasteiger partial charge on any atom is 0.161 e. The Kier molecular flexibility index (Phi) is 12.6. The molecule has 0 unspecified atom stereocenters. The molecule has 52 valence electrons. The molecule has 1 rings (SSSR count). The third kappa shape index (κ3) is 11.0. The molecule has 2 N–H and O–H groups in total. The molecule has 0 atom stereocenters. The van der Waals surface area contributed by atoms with Crippen molar-refractivity contribution < 1.29 is 29.3 Å². The Labute approximate surface area is 66.8 Å². The molecule has 0 fully saturated rings. The summed E-state index contributed by atoms with van der Waals surface area (Å²) in [5.41, 5.74) is 0. The molecule has 7 nitrogen and oxygen atoms in total. The fraction of sp³-hybridized carbons (Fsp3) is 0. The zero-order valence-electron chi connectivity index (χ0n) is 4.11. The third-order valence-electron chi connectivity index (χ3n) is 0.270. The topological polar surface area (TPSA) is 109 Å². The number of rotatable bonds is 0. The second-order valence-corrected chi connectivity index (χ2v) is 0.643. The number of H-pyrrole nitrogens is 1. The highest BCUT2D eigenvalue weighted by Gasteiger charge is 1.58. The number of hydrogen-bond donors (Lipinski definition) is 2. The van der Waals surface area contributed by atoms with Crippen LogP contribution in [-0.2, 0) is 0 Å². The van der Waals surface area contributed by atoms with Crippen molar-refractivity contribution in [1.82, 2.24) is 20.6 Å². The number of hydrogen-bond acceptors (Lipinski definition) is 5. The van der Waals surface area contributed by atoms with Gasteiger partial charge in [-0.2, -0.15) is 5.21 Å². The van der Waals surface area contributed by atoms with E-state index in [1.807, 2.05) is 0 Å². The minimum Gasteiger partial charge on any atom is -1.00 e. The number of nitrogens with one attached hydrogen (secondary N) is 2. The van der Waals surface area contributed by atoms with Crippen molar-refractivity contribution in [2.24, 2.45) is 0 Å². The second-order valence-electron chi connectivity index (χ2n) is 0.643. The van der Waals surface area contributed by atoms with E-state index in [1.165, 1.54) is 6.33 Å². The van der Waals surface area contributed by atoms with Gasteiger partial charge in [-0.25, -0.2) is 0 Å². The summed E-state index contributed by atoms with van der Waals surface area (Å²) in [5, 5.41) is 20.5. The highest BCUT2D eigenvalue weighted by Crippen LogP contribution is 1.43. The molecule has 0 aliphatic heterocycles. The largest absolute Gasteiger partial charge is 1.00 e. The minimum absolute atomic E-state index is 0. The maximum absolute atomic E-state index is 8.12. The van der Waals surface area contributed by atoms with Crippen LogP contribution in [-0.4, -0.2) is 20.6 Å². The summed E-state index contributed by atoms with van der Waals surface area (Å²) in [6.07, 6.45) is 1.33. The highest BCUT2D eigenvalue weighted by atomic mass is 127. The normalized spacial score (nSPS) is 5.78. The molecule has 1 aromatic heterocycles. The molecule has 1 heterocycles. The molecule has 0 spiro atoms. The van der Waals surface area contributed by atoms with E-state index in [1.54, 1.807) is 0 Å². The number of nitrogens with zero attached hydrogens (tertiary/aromatic N) is 3. The van der Waals surface area contributed by atoms with Crippen LogP contribution in [0.15, 0.2) is 6.33 Å². The quantitative estimate of drug-likeness (QED) is 0.269. The van der Waals surface area contributed by atoms with Crippen molar-refractivity contribution in [2.45, 2.75) is 0 Å². The predicted octanol–water partition coefficient (Wildman–Crippen LogP) is -5.47. The van der Waals surface area contributed by atoms with E-state index < -0.39 is 0 Å². The zero-order chi connectivity index (χ0) is 6.24. The summed E-state index contributed by atoms with van der Waals surface area (Å²) in [6.45, 7) is 0. The third-order valence-corrected chi connectivity index (χ3v) is 0.270. The van der Waals surface area contributed by atoms with Gasteiger partial charge in [0.1, 0.15) is 0 Å². The van der Waals surface area contributed by atoms with E-state index in [4.69, 9.17) is 10.1 Å². The number of halogens is 1. The molecule has 0 aliphatic carbocycles. The lowest BCUT2D eigenvalue weighted by molar-refractivity contribution is -0.398. The van der Waals surface area contributed by atoms with Crippen LogP contribution in [0.3, 0.4) is 0 Å². The van der Waals surface area contributed by atoms with E-state index >= 15 is 0 Å². The molecule has 0 aromatic carbocycles. The molecule has 9 heavy (non-hydrogen) atoms. The lowest BCUT2D eigenvalue weighted by atomic mass is 11.4. The van der Waals surface area contributed by atoms with Crippen molar-refractivity contribution in [3.8, 4) is 0 Å². The van der Waals surface area contributed by atoms with Crippen LogP contribution in [0.25, 0.3) is 0 Å². The number of tetrazole rings is 1. The van der Waals surface area contributed by atoms with Crippen LogP contribution in [0.1, 0.15) is 0 Å². The Bertz CT molecular complexity index is 101. The van der Waals surface area contributed by atoms with Gasteiger partial charge in [-0.15, -0.1) is 10.2 Å². The summed E-state index contributed by atoms with van der Waals surface area (Å²) in [7, 11) is 0. The van der Waals surface area contributed by atoms with E-state index in [-0.39, 0.29) is 29.3 Å². The Balaban J connectivity index is 0. The molecule has 0 bridgehead atoms. The first-order valence-corrected chi connectivity index (χ1v) is 1.57. The zero-order valence-corrected chi connectivity index (χ0v) is 6.27. The van der Waals surface area contributed by atoms with Gasteiger partial charge in [0.2, 0.25) is 0 Å². The Morgan fingerprint density at radius 1 is 1.67 bits per heavy atom. The smallest absolute Gasteiger partial charge is 0.161 e. The predicted molar refractivity (Wildman–Crippen MR) is 21.9 cm³/mol. The first kappa shape index (κ1) is 11.1. The van der Waals surface area contributed by atoms with Crippen LogP contribution < -0.4 is 29.3 Å². The maximum atomic E-state index is 8.12. The molecule has 0 saturated carbocycles. The highest BCUT2D eigenvalue weighted by molar-refractivity contribution is 4.24. The summed E-state index contributed by atoms with van der Waals surface area (Å²) < 4.78 is 0. The van der Waals surface area contributed by atoms with Gasteiger partial charge in [0.05, 0.1) is 0 Å². The molecular weight excluding hydrogens is 241 g/mol. The summed E-state index contributed by atoms with van der Waals surface area (Å²) in [6, 6.07) is 0. The van der Waals surface area contributed by atoms with Crippen molar-refractivity contribution in [2.75, 3.05) is 0 Å². The first-order chi connectivity index (χ1) is 3.91. The van der Waals surface area contributed by atoms with Crippen molar-refractivity contribution >= 4 is 0 Å². The molecule has 1 aromatic rings. The summed E-state index contributed by atoms with van der Waals surface area (Å²) in [5.74, 6) is 0. The van der Waals surface area contributed by atoms with Gasteiger partial charge in [0.15, 0.2) is 6.33 Å². The van der Waals surface area contributed by atoms with Gasteiger partial charge in [-0.3, -0.25) is 10.1 Å². The average Bonchev–Trinajstić information content (AvgIpc) is 2.17. The first-order valence-electron chi connectivity index (χ1n) is 1.57. The monoisotopic (exact) mass is 244 g/mol. The van der Waals surface area contributed by atoms with Crippen LogP contribution in [0.2, 0.25) is 0 Å². The van der Waals surface area contributed by atoms with Crippen LogP contribution in [0, 0.1) is 10.1 Å². The second kappa shape index (κ2) is 10.2. The van der Waals surface area contributed by atoms with E-state index in [9.17, 15) is 0 Å². The Morgan fingerprint density at radius 3 is 2.33 bits per heavy atom. The fourth-order valence-corrected chi connectivity index (χ4v) is 0.129. The molecule has 0 saturated heterocycles. The molecule has 0 amide bonds. The summed E-state index contributed by atoms with van der Waals surface area (Å²) in [4.78, 5) is 8.12. The molecular formula is CH3IN5O2-.